The summed E-state index contributed by atoms with van der Waals surface area (Å²) < 4.78 is 21.1. The lowest BCUT2D eigenvalue weighted by Gasteiger charge is -2.25. The number of methoxy groups -OCH3 is 1. The maximum atomic E-state index is 14.2. The van der Waals surface area contributed by atoms with Gasteiger partial charge in [-0.1, -0.05) is 0 Å². The highest BCUT2D eigenvalue weighted by Crippen LogP contribution is 2.36. The third-order valence-corrected chi connectivity index (χ3v) is 5.49. The molecule has 0 spiro atoms. The van der Waals surface area contributed by atoms with Crippen LogP contribution in [-0.4, -0.2) is 47.9 Å². The van der Waals surface area contributed by atoms with Crippen molar-refractivity contribution >= 4 is 39.5 Å². The maximum absolute atomic E-state index is 14.2. The number of fused-ring (bicyclic) bond motifs is 1. The first-order chi connectivity index (χ1) is 13.5. The molecule has 1 aliphatic rings. The number of rotatable bonds is 4. The number of hydrogen-bond donors (Lipinski definition) is 2. The predicted molar refractivity (Wildman–Crippen MR) is 104 cm³/mol. The molecule has 3 aromatic heterocycles. The van der Waals surface area contributed by atoms with Crippen LogP contribution in [-0.2, 0) is 4.79 Å². The van der Waals surface area contributed by atoms with Gasteiger partial charge in [0.05, 0.1) is 25.0 Å². The zero-order chi connectivity index (χ0) is 19.8. The molecule has 0 aliphatic carbocycles. The molecule has 8 nitrogen and oxygen atoms in total. The van der Waals surface area contributed by atoms with E-state index in [4.69, 9.17) is 4.74 Å². The molecule has 1 saturated heterocycles. The zero-order valence-corrected chi connectivity index (χ0v) is 16.1. The number of aryl methyl sites for hydroxylation is 1. The lowest BCUT2D eigenvalue weighted by Crippen LogP contribution is -2.47. The minimum atomic E-state index is -0.531. The van der Waals surface area contributed by atoms with Crippen LogP contribution in [0.1, 0.15) is 15.4 Å². The van der Waals surface area contributed by atoms with Gasteiger partial charge in [0.15, 0.2) is 11.5 Å². The minimum absolute atomic E-state index is 0.0647. The fourth-order valence-electron chi connectivity index (χ4n) is 3.08. The van der Waals surface area contributed by atoms with Crippen molar-refractivity contribution in [1.82, 2.24) is 14.7 Å². The summed E-state index contributed by atoms with van der Waals surface area (Å²) in [6.07, 6.45) is 3.27. The summed E-state index contributed by atoms with van der Waals surface area (Å²) in [7, 11) is 1.46. The number of halogens is 1. The molecule has 0 unspecified atom stereocenters. The Kier molecular flexibility index (Phi) is 4.73. The summed E-state index contributed by atoms with van der Waals surface area (Å²) in [6, 6.07) is 2.90. The van der Waals surface area contributed by atoms with Gasteiger partial charge in [-0.15, -0.1) is 11.3 Å². The number of imidazole rings is 1. The van der Waals surface area contributed by atoms with Gasteiger partial charge in [0.1, 0.15) is 15.6 Å². The molecule has 28 heavy (non-hydrogen) atoms. The molecular formula is C18H18FN5O3S. The van der Waals surface area contributed by atoms with E-state index < -0.39 is 11.7 Å². The summed E-state index contributed by atoms with van der Waals surface area (Å²) in [5.41, 5.74) is 1.17. The first-order valence-corrected chi connectivity index (χ1v) is 9.43. The number of piperazine rings is 1. The fraction of sp³-hybridized carbons (Fsp3) is 0.278. The van der Waals surface area contributed by atoms with Gasteiger partial charge in [-0.3, -0.25) is 9.59 Å². The molecule has 0 bridgehead atoms. The van der Waals surface area contributed by atoms with Crippen molar-refractivity contribution in [2.24, 2.45) is 0 Å². The second kappa shape index (κ2) is 7.21. The summed E-state index contributed by atoms with van der Waals surface area (Å²) in [6.45, 7) is 3.22. The molecule has 4 heterocycles. The second-order valence-corrected chi connectivity index (χ2v) is 7.38. The van der Waals surface area contributed by atoms with Gasteiger partial charge in [0.2, 0.25) is 5.91 Å². The van der Waals surface area contributed by atoms with Gasteiger partial charge in [-0.2, -0.15) is 0 Å². The van der Waals surface area contributed by atoms with Crippen LogP contribution in [0.4, 0.5) is 15.1 Å². The highest BCUT2D eigenvalue weighted by atomic mass is 32.1. The van der Waals surface area contributed by atoms with Crippen LogP contribution in [0.3, 0.4) is 0 Å². The van der Waals surface area contributed by atoms with Crippen molar-refractivity contribution in [3.63, 3.8) is 0 Å². The lowest BCUT2D eigenvalue weighted by atomic mass is 10.3. The number of hydrogen-bond acceptors (Lipinski definition) is 6. The summed E-state index contributed by atoms with van der Waals surface area (Å²) >= 11 is 1.16. The minimum Gasteiger partial charge on any atom is -0.495 e. The molecule has 3 aromatic rings. The summed E-state index contributed by atoms with van der Waals surface area (Å²) in [5, 5.41) is 6.34. The molecule has 0 atom stereocenters. The Balaban J connectivity index is 1.62. The van der Waals surface area contributed by atoms with E-state index in [0.717, 1.165) is 11.3 Å². The quantitative estimate of drug-likeness (QED) is 0.696. The van der Waals surface area contributed by atoms with Crippen LogP contribution in [0.25, 0.3) is 5.65 Å². The number of carbonyl (C=O) groups is 2. The topological polar surface area (TPSA) is 88.0 Å². The Hall–Kier alpha value is -2.98. The Bertz CT molecular complexity index is 1080. The van der Waals surface area contributed by atoms with Gasteiger partial charge >= 0.3 is 0 Å². The molecule has 0 saturated carbocycles. The van der Waals surface area contributed by atoms with Gasteiger partial charge < -0.3 is 24.7 Å². The van der Waals surface area contributed by atoms with E-state index in [9.17, 15) is 14.0 Å². The Morgan fingerprint density at radius 1 is 1.39 bits per heavy atom. The van der Waals surface area contributed by atoms with Crippen LogP contribution in [0.2, 0.25) is 0 Å². The van der Waals surface area contributed by atoms with E-state index in [0.29, 0.717) is 40.1 Å². The molecular weight excluding hydrogens is 385 g/mol. The van der Waals surface area contributed by atoms with Crippen LogP contribution >= 0.6 is 11.3 Å². The highest BCUT2D eigenvalue weighted by molar-refractivity contribution is 7.18. The number of nitrogens with one attached hydrogen (secondary N) is 2. The van der Waals surface area contributed by atoms with Crippen molar-refractivity contribution in [3.8, 4) is 5.75 Å². The van der Waals surface area contributed by atoms with Gasteiger partial charge in [-0.25, -0.2) is 9.37 Å². The van der Waals surface area contributed by atoms with Crippen LogP contribution in [0.5, 0.6) is 5.75 Å². The molecule has 0 radical (unpaired) electrons. The van der Waals surface area contributed by atoms with E-state index in [1.807, 2.05) is 0 Å². The van der Waals surface area contributed by atoms with Crippen molar-refractivity contribution in [3.05, 3.63) is 40.9 Å². The molecule has 146 valence electrons. The number of carbonyl (C=O) groups excluding carboxylic acids is 2. The molecule has 0 aromatic carbocycles. The number of anilines is 2. The van der Waals surface area contributed by atoms with Crippen molar-refractivity contribution in [2.75, 3.05) is 37.0 Å². The Morgan fingerprint density at radius 3 is 2.96 bits per heavy atom. The molecule has 4 rings (SSSR count). The van der Waals surface area contributed by atoms with E-state index in [1.165, 1.54) is 17.6 Å². The van der Waals surface area contributed by atoms with Gasteiger partial charge in [0.25, 0.3) is 5.91 Å². The predicted octanol–water partition coefficient (Wildman–Crippen LogP) is 2.04. The lowest BCUT2D eigenvalue weighted by molar-refractivity contribution is -0.118. The average Bonchev–Trinajstić information content (AvgIpc) is 3.25. The largest absolute Gasteiger partial charge is 0.495 e. The molecule has 2 N–H and O–H groups in total. The van der Waals surface area contributed by atoms with Crippen molar-refractivity contribution in [1.29, 1.82) is 0 Å². The SMILES string of the molecule is COc1cc(N2CCNCC2=O)sc1C(=O)Nc1cc(F)c2nc(C)cn2c1. The summed E-state index contributed by atoms with van der Waals surface area (Å²) in [5.74, 6) is -0.670. The standard InChI is InChI=1S/C18H18FN5O3S/c1-10-8-23-9-11(5-12(19)17(23)21-10)22-18(26)16-13(27-2)6-15(28-16)24-4-3-20-7-14(24)25/h5-6,8-9,20H,3-4,7H2,1-2H3,(H,22,26). The first-order valence-electron chi connectivity index (χ1n) is 8.61. The van der Waals surface area contributed by atoms with E-state index in [1.54, 1.807) is 30.3 Å². The number of amides is 2. The monoisotopic (exact) mass is 403 g/mol. The Labute approximate surface area is 163 Å². The third kappa shape index (κ3) is 3.32. The zero-order valence-electron chi connectivity index (χ0n) is 15.3. The van der Waals surface area contributed by atoms with Crippen LogP contribution in [0, 0.1) is 12.7 Å². The number of aromatic nitrogens is 2. The number of ether oxygens (including phenoxy) is 1. The maximum Gasteiger partial charge on any atom is 0.269 e. The van der Waals surface area contributed by atoms with E-state index in [2.05, 4.69) is 15.6 Å². The number of thiophene rings is 1. The van der Waals surface area contributed by atoms with Crippen LogP contribution in [0.15, 0.2) is 24.5 Å². The van der Waals surface area contributed by atoms with Crippen molar-refractivity contribution in [2.45, 2.75) is 6.92 Å². The van der Waals surface area contributed by atoms with Gasteiger partial charge in [-0.05, 0) is 6.92 Å². The van der Waals surface area contributed by atoms with E-state index >= 15 is 0 Å². The highest BCUT2D eigenvalue weighted by Gasteiger charge is 2.25. The molecule has 1 fully saturated rings. The molecule has 10 heteroatoms. The third-order valence-electron chi connectivity index (χ3n) is 4.35. The summed E-state index contributed by atoms with van der Waals surface area (Å²) in [4.78, 5) is 30.9. The van der Waals surface area contributed by atoms with Crippen molar-refractivity contribution < 1.29 is 18.7 Å². The smallest absolute Gasteiger partial charge is 0.269 e. The number of pyridine rings is 1. The molecule has 1 aliphatic heterocycles. The van der Waals surface area contributed by atoms with E-state index in [-0.39, 0.29) is 18.1 Å². The molecule has 2 amide bonds. The first kappa shape index (κ1) is 18.4. The second-order valence-electron chi connectivity index (χ2n) is 6.35. The average molecular weight is 403 g/mol. The van der Waals surface area contributed by atoms with Crippen LogP contribution < -0.4 is 20.3 Å². The normalized spacial score (nSPS) is 14.5. The Morgan fingerprint density at radius 2 is 2.21 bits per heavy atom. The fourth-order valence-corrected chi connectivity index (χ4v) is 4.14. The number of nitrogens with zero attached hydrogens (tertiary/aromatic N) is 3. The van der Waals surface area contributed by atoms with Gasteiger partial charge in [0, 0.05) is 37.6 Å².